The molecular weight excluding hydrogens is 300 g/mol. The number of aromatic nitrogens is 2. The fraction of sp³-hybridized carbons (Fsp3) is 0.667. The van der Waals surface area contributed by atoms with Crippen molar-refractivity contribution >= 4 is 5.91 Å². The largest absolute Gasteiger partial charge is 0.379 e. The highest BCUT2D eigenvalue weighted by molar-refractivity contribution is 5.92. The highest BCUT2D eigenvalue weighted by atomic mass is 16.5. The van der Waals surface area contributed by atoms with Crippen LogP contribution < -0.4 is 10.9 Å². The molecule has 8 nitrogen and oxygen atoms in total. The lowest BCUT2D eigenvalue weighted by Gasteiger charge is -2.32. The summed E-state index contributed by atoms with van der Waals surface area (Å²) in [5, 5.41) is 6.84. The van der Waals surface area contributed by atoms with Gasteiger partial charge in [-0.25, -0.2) is 4.68 Å². The number of nitrogens with one attached hydrogen (secondary N) is 1. The van der Waals surface area contributed by atoms with Crippen LogP contribution in [-0.2, 0) is 16.5 Å². The molecule has 1 N–H and O–H groups in total. The van der Waals surface area contributed by atoms with Crippen LogP contribution in [0.2, 0.25) is 0 Å². The molecule has 1 aromatic heterocycles. The Labute approximate surface area is 135 Å². The molecular formula is C15H24N4O4. The molecule has 1 aliphatic heterocycles. The molecule has 2 heterocycles. The zero-order chi connectivity index (χ0) is 16.8. The van der Waals surface area contributed by atoms with Crippen LogP contribution in [0.15, 0.2) is 16.9 Å². The summed E-state index contributed by atoms with van der Waals surface area (Å²) in [6, 6.07) is 2.52. The second-order valence-electron chi connectivity index (χ2n) is 5.84. The van der Waals surface area contributed by atoms with Gasteiger partial charge in [0.25, 0.3) is 11.5 Å². The summed E-state index contributed by atoms with van der Waals surface area (Å²) in [5.74, 6) is -0.336. The first kappa shape index (κ1) is 17.6. The molecule has 8 heteroatoms. The van der Waals surface area contributed by atoms with Gasteiger partial charge in [-0.3, -0.25) is 9.59 Å². The topological polar surface area (TPSA) is 85.7 Å². The van der Waals surface area contributed by atoms with E-state index >= 15 is 0 Å². The number of amides is 1. The molecule has 1 fully saturated rings. The Morgan fingerprint density at radius 3 is 3.00 bits per heavy atom. The maximum atomic E-state index is 12.3. The predicted octanol–water partition coefficient (Wildman–Crippen LogP) is -0.754. The second-order valence-corrected chi connectivity index (χ2v) is 5.84. The lowest BCUT2D eigenvalue weighted by Crippen LogP contribution is -2.51. The van der Waals surface area contributed by atoms with Crippen molar-refractivity contribution in [3.63, 3.8) is 0 Å². The number of nitrogens with zero attached hydrogens (tertiary/aromatic N) is 3. The minimum atomic E-state index is -0.336. The zero-order valence-corrected chi connectivity index (χ0v) is 13.8. The Kier molecular flexibility index (Phi) is 6.26. The predicted molar refractivity (Wildman–Crippen MR) is 84.5 cm³/mol. The van der Waals surface area contributed by atoms with Gasteiger partial charge in [-0.05, 0) is 26.6 Å². The van der Waals surface area contributed by atoms with E-state index in [2.05, 4.69) is 10.4 Å². The zero-order valence-electron chi connectivity index (χ0n) is 13.8. The molecule has 2 rings (SSSR count). The maximum Gasteiger partial charge on any atom is 0.272 e. The van der Waals surface area contributed by atoms with E-state index in [4.69, 9.17) is 9.47 Å². The normalized spacial score (nSPS) is 21.4. The third-order valence-corrected chi connectivity index (χ3v) is 3.67. The number of carbonyl (C=O) groups is 1. The number of aryl methyl sites for hydroxylation is 1. The van der Waals surface area contributed by atoms with Crippen LogP contribution in [0, 0.1) is 0 Å². The molecule has 0 radical (unpaired) electrons. The minimum absolute atomic E-state index is 0.0832. The van der Waals surface area contributed by atoms with Crippen molar-refractivity contribution in [2.75, 3.05) is 40.5 Å². The first-order chi connectivity index (χ1) is 11.0. The smallest absolute Gasteiger partial charge is 0.272 e. The molecule has 0 unspecified atom stereocenters. The van der Waals surface area contributed by atoms with Crippen molar-refractivity contribution in [2.45, 2.75) is 18.6 Å². The fourth-order valence-electron chi connectivity index (χ4n) is 2.30. The van der Waals surface area contributed by atoms with Crippen LogP contribution in [0.1, 0.15) is 16.9 Å². The van der Waals surface area contributed by atoms with Gasteiger partial charge in [-0.2, -0.15) is 5.10 Å². The highest BCUT2D eigenvalue weighted by Crippen LogP contribution is 2.12. The SMILES string of the molecule is CN(C)CCO[C@@H]1CCOC[C@@H]1NC(=O)c1ccc(=O)n(C)n1. The number of ether oxygens (including phenoxy) is 2. The third kappa shape index (κ3) is 5.12. The van der Waals surface area contributed by atoms with Gasteiger partial charge < -0.3 is 19.7 Å². The number of rotatable bonds is 6. The molecule has 128 valence electrons. The number of hydrogen-bond donors (Lipinski definition) is 1. The van der Waals surface area contributed by atoms with E-state index in [-0.39, 0.29) is 29.3 Å². The second kappa shape index (κ2) is 8.19. The quantitative estimate of drug-likeness (QED) is 0.741. The number of hydrogen-bond acceptors (Lipinski definition) is 6. The van der Waals surface area contributed by atoms with E-state index in [1.807, 2.05) is 19.0 Å². The van der Waals surface area contributed by atoms with Gasteiger partial charge in [0.15, 0.2) is 0 Å². The van der Waals surface area contributed by atoms with E-state index in [0.29, 0.717) is 19.8 Å². The van der Waals surface area contributed by atoms with Gasteiger partial charge in [0, 0.05) is 26.3 Å². The van der Waals surface area contributed by atoms with Gasteiger partial charge in [0.05, 0.1) is 25.4 Å². The van der Waals surface area contributed by atoms with Crippen LogP contribution in [0.5, 0.6) is 0 Å². The summed E-state index contributed by atoms with van der Waals surface area (Å²) in [7, 11) is 5.48. The molecule has 0 aromatic carbocycles. The third-order valence-electron chi connectivity index (χ3n) is 3.67. The van der Waals surface area contributed by atoms with Crippen LogP contribution >= 0.6 is 0 Å². The number of carbonyl (C=O) groups excluding carboxylic acids is 1. The first-order valence-electron chi connectivity index (χ1n) is 7.66. The Morgan fingerprint density at radius 2 is 2.30 bits per heavy atom. The Morgan fingerprint density at radius 1 is 1.52 bits per heavy atom. The van der Waals surface area contributed by atoms with E-state index in [9.17, 15) is 9.59 Å². The van der Waals surface area contributed by atoms with Crippen LogP contribution in [0.4, 0.5) is 0 Å². The van der Waals surface area contributed by atoms with Gasteiger partial charge in [-0.15, -0.1) is 0 Å². The van der Waals surface area contributed by atoms with E-state index in [1.165, 1.54) is 19.2 Å². The standard InChI is InChI=1S/C15H24N4O4/c1-18(2)7-9-23-13-6-8-22-10-12(13)16-15(21)11-4-5-14(20)19(3)17-11/h4-5,12-13H,6-10H2,1-3H3,(H,16,21)/t12-,13+/m0/s1. The summed E-state index contributed by atoms with van der Waals surface area (Å²) >= 11 is 0. The maximum absolute atomic E-state index is 12.3. The fourth-order valence-corrected chi connectivity index (χ4v) is 2.30. The van der Waals surface area contributed by atoms with Gasteiger partial charge in [0.1, 0.15) is 5.69 Å². The molecule has 1 aliphatic rings. The average Bonchev–Trinajstić information content (AvgIpc) is 2.51. The highest BCUT2D eigenvalue weighted by Gasteiger charge is 2.28. The molecule has 1 saturated heterocycles. The van der Waals surface area contributed by atoms with Gasteiger partial charge in [0.2, 0.25) is 0 Å². The summed E-state index contributed by atoms with van der Waals surface area (Å²) in [5.41, 5.74) is -0.0582. The molecule has 0 aliphatic carbocycles. The first-order valence-corrected chi connectivity index (χ1v) is 7.66. The van der Waals surface area contributed by atoms with Gasteiger partial charge >= 0.3 is 0 Å². The van der Waals surface area contributed by atoms with Gasteiger partial charge in [-0.1, -0.05) is 0 Å². The van der Waals surface area contributed by atoms with Crippen molar-refractivity contribution in [3.05, 3.63) is 28.2 Å². The molecule has 0 spiro atoms. The van der Waals surface area contributed by atoms with Crippen molar-refractivity contribution in [1.29, 1.82) is 0 Å². The Balaban J connectivity index is 1.96. The van der Waals surface area contributed by atoms with Crippen LogP contribution in [0.25, 0.3) is 0 Å². The minimum Gasteiger partial charge on any atom is -0.379 e. The number of likely N-dealkylation sites (N-methyl/N-ethyl adjacent to an activating group) is 1. The van der Waals surface area contributed by atoms with Crippen molar-refractivity contribution in [2.24, 2.45) is 7.05 Å². The molecule has 2 atom stereocenters. The summed E-state index contributed by atoms with van der Waals surface area (Å²) in [6.45, 7) is 2.45. The summed E-state index contributed by atoms with van der Waals surface area (Å²) in [4.78, 5) is 25.7. The summed E-state index contributed by atoms with van der Waals surface area (Å²) < 4.78 is 12.4. The van der Waals surface area contributed by atoms with E-state index in [0.717, 1.165) is 17.6 Å². The van der Waals surface area contributed by atoms with Crippen molar-refractivity contribution in [1.82, 2.24) is 20.0 Å². The van der Waals surface area contributed by atoms with Crippen LogP contribution in [0.3, 0.4) is 0 Å². The lowest BCUT2D eigenvalue weighted by molar-refractivity contribution is -0.0562. The lowest BCUT2D eigenvalue weighted by atomic mass is 10.1. The Bertz CT molecular complexity index is 587. The van der Waals surface area contributed by atoms with Crippen LogP contribution in [-0.4, -0.2) is 73.2 Å². The van der Waals surface area contributed by atoms with E-state index < -0.39 is 0 Å². The molecule has 1 amide bonds. The molecule has 0 bridgehead atoms. The Hall–Kier alpha value is -1.77. The average molecular weight is 324 g/mol. The van der Waals surface area contributed by atoms with Crippen molar-refractivity contribution in [3.8, 4) is 0 Å². The molecule has 0 saturated carbocycles. The molecule has 23 heavy (non-hydrogen) atoms. The van der Waals surface area contributed by atoms with E-state index in [1.54, 1.807) is 0 Å². The molecule has 1 aromatic rings. The summed E-state index contributed by atoms with van der Waals surface area (Å²) in [6.07, 6.45) is 0.652. The monoisotopic (exact) mass is 324 g/mol. The van der Waals surface area contributed by atoms with Crippen molar-refractivity contribution < 1.29 is 14.3 Å².